The molecule has 0 aliphatic rings. The van der Waals surface area contributed by atoms with E-state index in [0.29, 0.717) is 24.0 Å². The Labute approximate surface area is 117 Å². The first-order chi connectivity index (χ1) is 9.18. The number of rotatable bonds is 6. The molecule has 7 heteroatoms. The van der Waals surface area contributed by atoms with Crippen molar-refractivity contribution >= 4 is 11.6 Å². The van der Waals surface area contributed by atoms with Crippen LogP contribution in [0.15, 0.2) is 6.07 Å². The molecule has 0 saturated carbocycles. The first-order valence-electron chi connectivity index (χ1n) is 6.54. The maximum Gasteiger partial charge on any atom is 0.287 e. The van der Waals surface area contributed by atoms with Crippen LogP contribution in [-0.2, 0) is 5.41 Å². The second kappa shape index (κ2) is 6.30. The fourth-order valence-electron chi connectivity index (χ4n) is 1.42. The van der Waals surface area contributed by atoms with Crippen LogP contribution in [0.4, 0.5) is 20.4 Å². The van der Waals surface area contributed by atoms with E-state index in [9.17, 15) is 8.78 Å². The summed E-state index contributed by atoms with van der Waals surface area (Å²) in [6.07, 6.45) is 0. The lowest BCUT2D eigenvalue weighted by Crippen LogP contribution is -2.31. The number of hydrogen-bond donors (Lipinski definition) is 3. The number of hydrogen-bond acceptors (Lipinski definition) is 5. The number of aliphatic hydroxyl groups is 1. The summed E-state index contributed by atoms with van der Waals surface area (Å²) < 4.78 is 26.1. The van der Waals surface area contributed by atoms with Crippen LogP contribution in [0.3, 0.4) is 0 Å². The highest BCUT2D eigenvalue weighted by molar-refractivity contribution is 5.48. The summed E-state index contributed by atoms with van der Waals surface area (Å²) >= 11 is 0. The Morgan fingerprint density at radius 1 is 1.15 bits per heavy atom. The number of aromatic nitrogens is 2. The van der Waals surface area contributed by atoms with E-state index in [2.05, 4.69) is 20.6 Å². The number of nitrogens with one attached hydrogen (secondary N) is 2. The van der Waals surface area contributed by atoms with Gasteiger partial charge in [0.15, 0.2) is 0 Å². The molecule has 0 bridgehead atoms. The number of halogens is 2. The van der Waals surface area contributed by atoms with Gasteiger partial charge in [-0.15, -0.1) is 0 Å². The highest BCUT2D eigenvalue weighted by Gasteiger charge is 2.28. The van der Waals surface area contributed by atoms with Gasteiger partial charge in [0.1, 0.15) is 24.1 Å². The number of nitrogens with zero attached hydrogens (tertiary/aromatic N) is 2. The summed E-state index contributed by atoms with van der Waals surface area (Å²) in [5.41, 5.74) is -0.290. The standard InChI is InChI=1S/C13H22F2N4O/c1-5-16-9-6-10(17-7-13(14,15)8-20)19-11(18-9)12(2,3)4/h6,20H,5,7-8H2,1-4H3,(H2,16,17,18,19). The summed E-state index contributed by atoms with van der Waals surface area (Å²) in [5, 5.41) is 14.1. The second-order valence-electron chi connectivity index (χ2n) is 5.61. The molecule has 0 saturated heterocycles. The van der Waals surface area contributed by atoms with Crippen molar-refractivity contribution in [3.05, 3.63) is 11.9 Å². The van der Waals surface area contributed by atoms with Gasteiger partial charge in [0.2, 0.25) is 0 Å². The average Bonchev–Trinajstić information content (AvgIpc) is 2.36. The van der Waals surface area contributed by atoms with E-state index in [-0.39, 0.29) is 5.41 Å². The van der Waals surface area contributed by atoms with Crippen LogP contribution in [0.25, 0.3) is 0 Å². The minimum absolute atomic E-state index is 0.290. The molecule has 0 spiro atoms. The van der Waals surface area contributed by atoms with Crippen LogP contribution in [-0.4, -0.2) is 40.7 Å². The zero-order valence-electron chi connectivity index (χ0n) is 12.3. The summed E-state index contributed by atoms with van der Waals surface area (Å²) in [5.74, 6) is -1.72. The van der Waals surface area contributed by atoms with E-state index in [4.69, 9.17) is 5.11 Å². The van der Waals surface area contributed by atoms with Crippen molar-refractivity contribution in [3.8, 4) is 0 Å². The highest BCUT2D eigenvalue weighted by atomic mass is 19.3. The van der Waals surface area contributed by atoms with Gasteiger partial charge in [-0.25, -0.2) is 18.7 Å². The monoisotopic (exact) mass is 288 g/mol. The lowest BCUT2D eigenvalue weighted by Gasteiger charge is -2.20. The fourth-order valence-corrected chi connectivity index (χ4v) is 1.42. The molecule has 0 unspecified atom stereocenters. The van der Waals surface area contributed by atoms with Crippen molar-refractivity contribution in [1.82, 2.24) is 9.97 Å². The summed E-state index contributed by atoms with van der Waals surface area (Å²) in [6.45, 7) is 6.57. The van der Waals surface area contributed by atoms with Gasteiger partial charge >= 0.3 is 0 Å². The zero-order chi connectivity index (χ0) is 15.4. The number of aliphatic hydroxyl groups excluding tert-OH is 1. The second-order valence-corrected chi connectivity index (χ2v) is 5.61. The normalized spacial score (nSPS) is 12.3. The largest absolute Gasteiger partial charge is 0.390 e. The van der Waals surface area contributed by atoms with Crippen LogP contribution in [0, 0.1) is 0 Å². The van der Waals surface area contributed by atoms with Crippen molar-refractivity contribution in [2.24, 2.45) is 0 Å². The third-order valence-electron chi connectivity index (χ3n) is 2.51. The van der Waals surface area contributed by atoms with Gasteiger partial charge in [-0.05, 0) is 6.92 Å². The van der Waals surface area contributed by atoms with Gasteiger partial charge < -0.3 is 15.7 Å². The lowest BCUT2D eigenvalue weighted by atomic mass is 9.96. The minimum atomic E-state index is -3.18. The molecule has 1 rings (SSSR count). The Hall–Kier alpha value is -1.50. The molecule has 1 aromatic heterocycles. The molecular weight excluding hydrogens is 266 g/mol. The zero-order valence-corrected chi connectivity index (χ0v) is 12.3. The molecule has 20 heavy (non-hydrogen) atoms. The molecular formula is C13H22F2N4O. The van der Waals surface area contributed by atoms with Gasteiger partial charge in [0.05, 0.1) is 6.54 Å². The Morgan fingerprint density at radius 3 is 2.15 bits per heavy atom. The van der Waals surface area contributed by atoms with Crippen LogP contribution in [0.5, 0.6) is 0 Å². The Kier molecular flexibility index (Phi) is 5.21. The predicted octanol–water partition coefficient (Wildman–Crippen LogP) is 2.25. The van der Waals surface area contributed by atoms with E-state index in [1.54, 1.807) is 6.07 Å². The van der Waals surface area contributed by atoms with Gasteiger partial charge in [0.25, 0.3) is 5.92 Å². The summed E-state index contributed by atoms with van der Waals surface area (Å²) in [7, 11) is 0. The minimum Gasteiger partial charge on any atom is -0.390 e. The first kappa shape index (κ1) is 16.6. The van der Waals surface area contributed by atoms with Gasteiger partial charge in [0, 0.05) is 18.0 Å². The third kappa shape index (κ3) is 4.88. The topological polar surface area (TPSA) is 70.1 Å². The van der Waals surface area contributed by atoms with Crippen molar-refractivity contribution < 1.29 is 13.9 Å². The fraction of sp³-hybridized carbons (Fsp3) is 0.692. The van der Waals surface area contributed by atoms with Gasteiger partial charge in [-0.1, -0.05) is 20.8 Å². The lowest BCUT2D eigenvalue weighted by molar-refractivity contribution is -0.0373. The van der Waals surface area contributed by atoms with E-state index < -0.39 is 19.1 Å². The molecule has 1 heterocycles. The molecule has 114 valence electrons. The van der Waals surface area contributed by atoms with E-state index in [1.807, 2.05) is 27.7 Å². The average molecular weight is 288 g/mol. The Morgan fingerprint density at radius 2 is 1.70 bits per heavy atom. The molecule has 0 aliphatic carbocycles. The van der Waals surface area contributed by atoms with Gasteiger partial charge in [-0.3, -0.25) is 0 Å². The molecule has 0 atom stereocenters. The Balaban J connectivity index is 2.97. The Bertz CT molecular complexity index is 446. The number of anilines is 2. The molecule has 3 N–H and O–H groups in total. The van der Waals surface area contributed by atoms with Crippen LogP contribution >= 0.6 is 0 Å². The molecule has 5 nitrogen and oxygen atoms in total. The maximum absolute atomic E-state index is 13.1. The van der Waals surface area contributed by atoms with Crippen molar-refractivity contribution in [3.63, 3.8) is 0 Å². The molecule has 0 amide bonds. The maximum atomic E-state index is 13.1. The number of alkyl halides is 2. The summed E-state index contributed by atoms with van der Waals surface area (Å²) in [6, 6.07) is 1.58. The smallest absolute Gasteiger partial charge is 0.287 e. The molecule has 0 radical (unpaired) electrons. The molecule has 0 aliphatic heterocycles. The van der Waals surface area contributed by atoms with E-state index in [0.717, 1.165) is 0 Å². The van der Waals surface area contributed by atoms with Gasteiger partial charge in [-0.2, -0.15) is 0 Å². The van der Waals surface area contributed by atoms with Crippen LogP contribution in [0.2, 0.25) is 0 Å². The van der Waals surface area contributed by atoms with E-state index in [1.165, 1.54) is 0 Å². The SMILES string of the molecule is CCNc1cc(NCC(F)(F)CO)nc(C(C)(C)C)n1. The van der Waals surface area contributed by atoms with Crippen molar-refractivity contribution in [2.75, 3.05) is 30.3 Å². The molecule has 0 aromatic carbocycles. The third-order valence-corrected chi connectivity index (χ3v) is 2.51. The van der Waals surface area contributed by atoms with Crippen LogP contribution in [0.1, 0.15) is 33.5 Å². The van der Waals surface area contributed by atoms with Crippen LogP contribution < -0.4 is 10.6 Å². The summed E-state index contributed by atoms with van der Waals surface area (Å²) in [4.78, 5) is 8.61. The van der Waals surface area contributed by atoms with E-state index >= 15 is 0 Å². The molecule has 0 fully saturated rings. The van der Waals surface area contributed by atoms with Crippen molar-refractivity contribution in [2.45, 2.75) is 39.0 Å². The predicted molar refractivity (Wildman–Crippen MR) is 75.4 cm³/mol. The molecule has 1 aromatic rings. The first-order valence-corrected chi connectivity index (χ1v) is 6.54. The van der Waals surface area contributed by atoms with Crippen molar-refractivity contribution in [1.29, 1.82) is 0 Å². The highest BCUT2D eigenvalue weighted by Crippen LogP contribution is 2.23. The quantitative estimate of drug-likeness (QED) is 0.749.